The Morgan fingerprint density at radius 2 is 1.68 bits per heavy atom. The van der Waals surface area contributed by atoms with Gasteiger partial charge in [0, 0.05) is 26.2 Å². The molecule has 120 valence electrons. The van der Waals surface area contributed by atoms with Gasteiger partial charge < -0.3 is 4.90 Å². The Hall–Kier alpha value is -1.35. The van der Waals surface area contributed by atoms with Gasteiger partial charge in [0.15, 0.2) is 0 Å². The topological polar surface area (TPSA) is 23.6 Å². The molecular weight excluding hydrogens is 272 g/mol. The Morgan fingerprint density at radius 1 is 1.05 bits per heavy atom. The van der Waals surface area contributed by atoms with Crippen LogP contribution in [0, 0.1) is 0 Å². The van der Waals surface area contributed by atoms with Gasteiger partial charge in [-0.25, -0.2) is 0 Å². The highest BCUT2D eigenvalue weighted by atomic mass is 16.2. The number of carbonyl (C=O) groups is 1. The molecule has 0 atom stereocenters. The molecule has 3 nitrogen and oxygen atoms in total. The molecule has 1 saturated carbocycles. The molecule has 1 heterocycles. The van der Waals surface area contributed by atoms with Gasteiger partial charge in [0.25, 0.3) is 0 Å². The summed E-state index contributed by atoms with van der Waals surface area (Å²) in [5.41, 5.74) is 0.988. The first-order valence-corrected chi connectivity index (χ1v) is 8.83. The third kappa shape index (κ3) is 2.91. The second-order valence-electron chi connectivity index (χ2n) is 6.79. The van der Waals surface area contributed by atoms with E-state index in [1.165, 1.54) is 24.8 Å². The summed E-state index contributed by atoms with van der Waals surface area (Å²) in [5, 5.41) is 0. The lowest BCUT2D eigenvalue weighted by Gasteiger charge is -2.40. The van der Waals surface area contributed by atoms with Crippen molar-refractivity contribution in [2.24, 2.45) is 0 Å². The van der Waals surface area contributed by atoms with Crippen molar-refractivity contribution in [2.45, 2.75) is 44.4 Å². The molecular formula is C19H28N2O. The van der Waals surface area contributed by atoms with Crippen molar-refractivity contribution in [3.05, 3.63) is 35.9 Å². The maximum atomic E-state index is 13.3. The van der Waals surface area contributed by atoms with Crippen LogP contribution >= 0.6 is 0 Å². The molecule has 0 unspecified atom stereocenters. The highest BCUT2D eigenvalue weighted by Crippen LogP contribution is 2.42. The highest BCUT2D eigenvalue weighted by Gasteiger charge is 2.45. The van der Waals surface area contributed by atoms with E-state index in [1.807, 2.05) is 6.07 Å². The van der Waals surface area contributed by atoms with E-state index in [4.69, 9.17) is 0 Å². The zero-order valence-corrected chi connectivity index (χ0v) is 13.8. The van der Waals surface area contributed by atoms with Gasteiger partial charge in [0.1, 0.15) is 0 Å². The molecule has 0 aromatic heterocycles. The molecule has 0 bridgehead atoms. The molecule has 1 amide bonds. The number of benzene rings is 1. The van der Waals surface area contributed by atoms with Gasteiger partial charge in [-0.15, -0.1) is 0 Å². The number of carbonyl (C=O) groups excluding carboxylic acids is 1. The fourth-order valence-electron chi connectivity index (χ4n) is 4.16. The Morgan fingerprint density at radius 3 is 2.27 bits per heavy atom. The standard InChI is InChI=1S/C19H28N2O/c1-2-12-20-13-15-21(16-14-20)18(22)19(10-6-7-11-19)17-8-4-3-5-9-17/h3-5,8-9H,2,6-7,10-16H2,1H3. The number of hydrogen-bond donors (Lipinski definition) is 0. The van der Waals surface area contributed by atoms with Crippen LogP contribution in [0.4, 0.5) is 0 Å². The second kappa shape index (κ2) is 6.82. The molecule has 3 rings (SSSR count). The van der Waals surface area contributed by atoms with Crippen LogP contribution in [0.1, 0.15) is 44.6 Å². The molecule has 0 spiro atoms. The fourth-order valence-corrected chi connectivity index (χ4v) is 4.16. The van der Waals surface area contributed by atoms with Crippen molar-refractivity contribution in [1.29, 1.82) is 0 Å². The average molecular weight is 300 g/mol. The lowest BCUT2D eigenvalue weighted by atomic mass is 9.77. The predicted molar refractivity (Wildman–Crippen MR) is 89.9 cm³/mol. The van der Waals surface area contributed by atoms with Crippen LogP contribution < -0.4 is 0 Å². The normalized spacial score (nSPS) is 22.0. The van der Waals surface area contributed by atoms with E-state index in [0.717, 1.165) is 45.6 Å². The monoisotopic (exact) mass is 300 g/mol. The molecule has 0 N–H and O–H groups in total. The van der Waals surface area contributed by atoms with Crippen LogP contribution in [0.3, 0.4) is 0 Å². The van der Waals surface area contributed by atoms with Gasteiger partial charge in [-0.2, -0.15) is 0 Å². The Labute approximate surface area is 134 Å². The van der Waals surface area contributed by atoms with Crippen molar-refractivity contribution >= 4 is 5.91 Å². The predicted octanol–water partition coefficient (Wildman–Crippen LogP) is 3.05. The minimum Gasteiger partial charge on any atom is -0.339 e. The summed E-state index contributed by atoms with van der Waals surface area (Å²) < 4.78 is 0. The molecule has 1 aliphatic heterocycles. The number of hydrogen-bond acceptors (Lipinski definition) is 2. The van der Waals surface area contributed by atoms with Crippen LogP contribution in [0.25, 0.3) is 0 Å². The molecule has 2 fully saturated rings. The van der Waals surface area contributed by atoms with E-state index in [-0.39, 0.29) is 5.41 Å². The summed E-state index contributed by atoms with van der Waals surface area (Å²) in [6.07, 6.45) is 5.59. The smallest absolute Gasteiger partial charge is 0.233 e. The lowest BCUT2D eigenvalue weighted by Crippen LogP contribution is -2.54. The van der Waals surface area contributed by atoms with Crippen LogP contribution in [0.15, 0.2) is 30.3 Å². The zero-order chi connectivity index (χ0) is 15.4. The summed E-state index contributed by atoms with van der Waals surface area (Å²) in [6.45, 7) is 7.24. The van der Waals surface area contributed by atoms with Crippen molar-refractivity contribution < 1.29 is 4.79 Å². The molecule has 2 aliphatic rings. The quantitative estimate of drug-likeness (QED) is 0.853. The Balaban J connectivity index is 1.75. The van der Waals surface area contributed by atoms with Crippen molar-refractivity contribution in [1.82, 2.24) is 9.80 Å². The van der Waals surface area contributed by atoms with Crippen molar-refractivity contribution in [2.75, 3.05) is 32.7 Å². The van der Waals surface area contributed by atoms with Crippen LogP contribution in [0.2, 0.25) is 0 Å². The average Bonchev–Trinajstić information content (AvgIpc) is 3.07. The summed E-state index contributed by atoms with van der Waals surface area (Å²) in [6, 6.07) is 10.5. The lowest BCUT2D eigenvalue weighted by molar-refractivity contribution is -0.139. The molecule has 1 aromatic rings. The van der Waals surface area contributed by atoms with Gasteiger partial charge in [-0.05, 0) is 31.4 Å². The van der Waals surface area contributed by atoms with Gasteiger partial charge in [-0.1, -0.05) is 50.1 Å². The van der Waals surface area contributed by atoms with E-state index in [1.54, 1.807) is 0 Å². The maximum absolute atomic E-state index is 13.3. The van der Waals surface area contributed by atoms with E-state index < -0.39 is 0 Å². The minimum absolute atomic E-state index is 0.242. The first-order chi connectivity index (χ1) is 10.8. The summed E-state index contributed by atoms with van der Waals surface area (Å²) in [4.78, 5) is 17.9. The van der Waals surface area contributed by atoms with Gasteiger partial charge >= 0.3 is 0 Å². The number of piperazine rings is 1. The van der Waals surface area contributed by atoms with Gasteiger partial charge in [0.05, 0.1) is 5.41 Å². The maximum Gasteiger partial charge on any atom is 0.233 e. The molecule has 1 aromatic carbocycles. The van der Waals surface area contributed by atoms with Gasteiger partial charge in [0.2, 0.25) is 5.91 Å². The first-order valence-electron chi connectivity index (χ1n) is 8.83. The van der Waals surface area contributed by atoms with Crippen LogP contribution in [0.5, 0.6) is 0 Å². The molecule has 1 aliphatic carbocycles. The molecule has 0 radical (unpaired) electrons. The largest absolute Gasteiger partial charge is 0.339 e. The fraction of sp³-hybridized carbons (Fsp3) is 0.632. The Bertz CT molecular complexity index is 485. The van der Waals surface area contributed by atoms with Crippen molar-refractivity contribution in [3.8, 4) is 0 Å². The molecule has 1 saturated heterocycles. The van der Waals surface area contributed by atoms with Crippen molar-refractivity contribution in [3.63, 3.8) is 0 Å². The SMILES string of the molecule is CCCN1CCN(C(=O)C2(c3ccccc3)CCCC2)CC1. The number of amides is 1. The highest BCUT2D eigenvalue weighted by molar-refractivity contribution is 5.88. The van der Waals surface area contributed by atoms with Crippen LogP contribution in [-0.4, -0.2) is 48.4 Å². The molecule has 3 heteroatoms. The number of rotatable bonds is 4. The third-order valence-electron chi connectivity index (χ3n) is 5.39. The second-order valence-corrected chi connectivity index (χ2v) is 6.79. The van der Waals surface area contributed by atoms with E-state index >= 15 is 0 Å². The molecule has 22 heavy (non-hydrogen) atoms. The van der Waals surface area contributed by atoms with E-state index in [0.29, 0.717) is 5.91 Å². The third-order valence-corrected chi connectivity index (χ3v) is 5.39. The summed E-state index contributed by atoms with van der Waals surface area (Å²) in [7, 11) is 0. The summed E-state index contributed by atoms with van der Waals surface area (Å²) >= 11 is 0. The number of nitrogens with zero attached hydrogens (tertiary/aromatic N) is 2. The zero-order valence-electron chi connectivity index (χ0n) is 13.8. The van der Waals surface area contributed by atoms with Gasteiger partial charge in [-0.3, -0.25) is 9.69 Å². The minimum atomic E-state index is -0.242. The van der Waals surface area contributed by atoms with Crippen LogP contribution in [-0.2, 0) is 10.2 Å². The van der Waals surface area contributed by atoms with E-state index in [2.05, 4.69) is 41.0 Å². The summed E-state index contributed by atoms with van der Waals surface area (Å²) in [5.74, 6) is 0.382. The Kier molecular flexibility index (Phi) is 4.82. The van der Waals surface area contributed by atoms with E-state index in [9.17, 15) is 4.79 Å². The first kappa shape index (κ1) is 15.5.